The van der Waals surface area contributed by atoms with Crippen molar-refractivity contribution in [1.82, 2.24) is 0 Å². The molecule has 2 nitrogen and oxygen atoms in total. The molecule has 4 heteroatoms. The third-order valence-corrected chi connectivity index (χ3v) is 2.29. The van der Waals surface area contributed by atoms with Gasteiger partial charge in [-0.3, -0.25) is 0 Å². The van der Waals surface area contributed by atoms with Crippen molar-refractivity contribution >= 4 is 15.9 Å². The smallest absolute Gasteiger partial charge is 0.162 e. The van der Waals surface area contributed by atoms with Crippen molar-refractivity contribution in [3.05, 3.63) is 22.7 Å². The molecule has 1 aliphatic rings. The number of hydrogen-bond donors (Lipinski definition) is 0. The van der Waals surface area contributed by atoms with E-state index in [0.717, 1.165) is 4.47 Å². The van der Waals surface area contributed by atoms with Crippen LogP contribution in [0.15, 0.2) is 22.7 Å². The van der Waals surface area contributed by atoms with Gasteiger partial charge >= 0.3 is 0 Å². The van der Waals surface area contributed by atoms with Crippen LogP contribution in [0.25, 0.3) is 0 Å². The van der Waals surface area contributed by atoms with Crippen LogP contribution in [0.4, 0.5) is 4.39 Å². The molecule has 0 aliphatic carbocycles. The molecular weight excluding hydrogens is 239 g/mol. The molecule has 1 aliphatic heterocycles. The highest BCUT2D eigenvalue weighted by atomic mass is 79.9. The van der Waals surface area contributed by atoms with Crippen molar-refractivity contribution in [3.8, 4) is 11.5 Å². The van der Waals surface area contributed by atoms with E-state index in [1.165, 1.54) is 0 Å². The summed E-state index contributed by atoms with van der Waals surface area (Å²) in [5, 5.41) is 0. The second kappa shape index (κ2) is 3.54. The molecule has 0 radical (unpaired) electrons. The van der Waals surface area contributed by atoms with E-state index in [-0.39, 0.29) is 6.61 Å². The van der Waals surface area contributed by atoms with Crippen LogP contribution < -0.4 is 9.47 Å². The summed E-state index contributed by atoms with van der Waals surface area (Å²) >= 11 is 3.31. The van der Waals surface area contributed by atoms with Gasteiger partial charge in [-0.2, -0.15) is 0 Å². The molecule has 1 heterocycles. The van der Waals surface area contributed by atoms with Crippen molar-refractivity contribution in [2.24, 2.45) is 0 Å². The molecule has 1 aromatic rings. The van der Waals surface area contributed by atoms with Gasteiger partial charge in [0, 0.05) is 4.47 Å². The lowest BCUT2D eigenvalue weighted by molar-refractivity contribution is 0.0717. The van der Waals surface area contributed by atoms with E-state index in [1.807, 2.05) is 12.1 Å². The van der Waals surface area contributed by atoms with E-state index < -0.39 is 12.8 Å². The summed E-state index contributed by atoms with van der Waals surface area (Å²) in [5.74, 6) is 1.27. The Morgan fingerprint density at radius 1 is 1.46 bits per heavy atom. The number of fused-ring (bicyclic) bond motifs is 1. The standard InChI is InChI=1S/C9H8BrFO2/c10-6-1-2-8-9(3-6)12-5-7(4-11)13-8/h1-3,7H,4-5H2. The highest BCUT2D eigenvalue weighted by molar-refractivity contribution is 9.10. The van der Waals surface area contributed by atoms with Crippen LogP contribution >= 0.6 is 15.9 Å². The zero-order chi connectivity index (χ0) is 9.26. The molecule has 0 N–H and O–H groups in total. The highest BCUT2D eigenvalue weighted by Gasteiger charge is 2.20. The molecule has 0 saturated carbocycles. The zero-order valence-electron chi connectivity index (χ0n) is 6.80. The Morgan fingerprint density at radius 3 is 3.08 bits per heavy atom. The van der Waals surface area contributed by atoms with E-state index in [4.69, 9.17) is 9.47 Å². The lowest BCUT2D eigenvalue weighted by Gasteiger charge is -2.24. The van der Waals surface area contributed by atoms with Crippen molar-refractivity contribution in [2.75, 3.05) is 13.3 Å². The van der Waals surface area contributed by atoms with E-state index in [9.17, 15) is 4.39 Å². The maximum atomic E-state index is 12.2. The first kappa shape index (κ1) is 8.81. The molecule has 0 bridgehead atoms. The monoisotopic (exact) mass is 246 g/mol. The van der Waals surface area contributed by atoms with Crippen LogP contribution in [0.2, 0.25) is 0 Å². The molecule has 0 amide bonds. The maximum absolute atomic E-state index is 12.2. The van der Waals surface area contributed by atoms with Crippen LogP contribution in [0, 0.1) is 0 Å². The number of rotatable bonds is 1. The molecule has 0 spiro atoms. The molecule has 1 unspecified atom stereocenters. The van der Waals surface area contributed by atoms with Gasteiger partial charge in [0.15, 0.2) is 17.6 Å². The van der Waals surface area contributed by atoms with Crippen molar-refractivity contribution in [2.45, 2.75) is 6.10 Å². The average molecular weight is 247 g/mol. The molecule has 2 rings (SSSR count). The Morgan fingerprint density at radius 2 is 2.31 bits per heavy atom. The Bertz CT molecular complexity index is 316. The minimum absolute atomic E-state index is 0.278. The maximum Gasteiger partial charge on any atom is 0.162 e. The van der Waals surface area contributed by atoms with Gasteiger partial charge in [0.1, 0.15) is 13.3 Å². The molecule has 70 valence electrons. The first-order valence-electron chi connectivity index (χ1n) is 3.94. The van der Waals surface area contributed by atoms with E-state index in [1.54, 1.807) is 6.07 Å². The minimum Gasteiger partial charge on any atom is -0.486 e. The largest absolute Gasteiger partial charge is 0.486 e. The Balaban J connectivity index is 2.26. The van der Waals surface area contributed by atoms with Crippen molar-refractivity contribution in [3.63, 3.8) is 0 Å². The Kier molecular flexibility index (Phi) is 2.40. The minimum atomic E-state index is -0.518. The summed E-state index contributed by atoms with van der Waals surface area (Å²) in [5.41, 5.74) is 0. The summed E-state index contributed by atoms with van der Waals surface area (Å²) < 4.78 is 23.8. The number of benzene rings is 1. The summed E-state index contributed by atoms with van der Waals surface area (Å²) in [6.45, 7) is -0.241. The second-order valence-corrected chi connectivity index (χ2v) is 3.71. The second-order valence-electron chi connectivity index (χ2n) is 2.80. The van der Waals surface area contributed by atoms with Crippen molar-refractivity contribution < 1.29 is 13.9 Å². The fourth-order valence-electron chi connectivity index (χ4n) is 1.16. The zero-order valence-corrected chi connectivity index (χ0v) is 8.38. The van der Waals surface area contributed by atoms with Crippen molar-refractivity contribution in [1.29, 1.82) is 0 Å². The third kappa shape index (κ3) is 1.77. The van der Waals surface area contributed by atoms with Gasteiger partial charge in [0.05, 0.1) is 0 Å². The predicted molar refractivity (Wildman–Crippen MR) is 50.0 cm³/mol. The van der Waals surface area contributed by atoms with Gasteiger partial charge in [-0.1, -0.05) is 15.9 Å². The van der Waals surface area contributed by atoms with Gasteiger partial charge < -0.3 is 9.47 Å². The number of alkyl halides is 1. The number of halogens is 2. The van der Waals surface area contributed by atoms with E-state index in [2.05, 4.69) is 15.9 Å². The molecule has 0 saturated heterocycles. The van der Waals surface area contributed by atoms with Crippen LogP contribution in [0.3, 0.4) is 0 Å². The summed E-state index contributed by atoms with van der Waals surface area (Å²) in [4.78, 5) is 0. The van der Waals surface area contributed by atoms with Gasteiger partial charge in [-0.15, -0.1) is 0 Å². The fraction of sp³-hybridized carbons (Fsp3) is 0.333. The summed E-state index contributed by atoms with van der Waals surface area (Å²) in [6, 6.07) is 5.41. The lowest BCUT2D eigenvalue weighted by Crippen LogP contribution is -2.30. The molecular formula is C9H8BrFO2. The average Bonchev–Trinajstić information content (AvgIpc) is 2.17. The lowest BCUT2D eigenvalue weighted by atomic mass is 10.3. The fourth-order valence-corrected chi connectivity index (χ4v) is 1.50. The molecule has 0 fully saturated rings. The first-order valence-corrected chi connectivity index (χ1v) is 4.74. The van der Waals surface area contributed by atoms with Gasteiger partial charge in [-0.05, 0) is 18.2 Å². The molecule has 13 heavy (non-hydrogen) atoms. The van der Waals surface area contributed by atoms with E-state index >= 15 is 0 Å². The van der Waals surface area contributed by atoms with Crippen LogP contribution in [-0.4, -0.2) is 19.4 Å². The number of hydrogen-bond acceptors (Lipinski definition) is 2. The SMILES string of the molecule is FCC1COc2cc(Br)ccc2O1. The Labute approximate surface area is 83.8 Å². The van der Waals surface area contributed by atoms with Gasteiger partial charge in [-0.25, -0.2) is 4.39 Å². The highest BCUT2D eigenvalue weighted by Crippen LogP contribution is 2.34. The number of ether oxygens (including phenoxy) is 2. The molecule has 0 aromatic heterocycles. The normalized spacial score (nSPS) is 20.0. The topological polar surface area (TPSA) is 18.5 Å². The molecule has 1 aromatic carbocycles. The quantitative estimate of drug-likeness (QED) is 0.759. The molecule has 1 atom stereocenters. The van der Waals surface area contributed by atoms with Crippen LogP contribution in [-0.2, 0) is 0 Å². The first-order chi connectivity index (χ1) is 6.29. The Hall–Kier alpha value is -0.770. The van der Waals surface area contributed by atoms with E-state index in [0.29, 0.717) is 11.5 Å². The summed E-state index contributed by atoms with van der Waals surface area (Å²) in [7, 11) is 0. The predicted octanol–water partition coefficient (Wildman–Crippen LogP) is 2.56. The van der Waals surface area contributed by atoms with Gasteiger partial charge in [0.2, 0.25) is 0 Å². The van der Waals surface area contributed by atoms with Gasteiger partial charge in [0.25, 0.3) is 0 Å². The summed E-state index contributed by atoms with van der Waals surface area (Å²) in [6.07, 6.45) is -0.464. The van der Waals surface area contributed by atoms with Crippen LogP contribution in [0.5, 0.6) is 11.5 Å². The third-order valence-electron chi connectivity index (χ3n) is 1.80. The van der Waals surface area contributed by atoms with Crippen LogP contribution in [0.1, 0.15) is 0 Å².